The zero-order chi connectivity index (χ0) is 22.5. The highest BCUT2D eigenvalue weighted by molar-refractivity contribution is 5.56. The summed E-state index contributed by atoms with van der Waals surface area (Å²) < 4.78 is 17.1. The van der Waals surface area contributed by atoms with Crippen molar-refractivity contribution < 1.29 is 14.2 Å². The average Bonchev–Trinajstić information content (AvgIpc) is 2.82. The quantitative estimate of drug-likeness (QED) is 0.326. The normalized spacial score (nSPS) is 11.6. The minimum absolute atomic E-state index is 0.228. The molecule has 1 unspecified atom stereocenters. The SMILES string of the molecule is COc1cc(Oc2ccc(C(C)c3ccc(Oc4ccc(N)cc4)cc3)cc2)ccc1N. The predicted octanol–water partition coefficient (Wildman–Crippen LogP) is 6.60. The largest absolute Gasteiger partial charge is 0.494 e. The Balaban J connectivity index is 1.41. The van der Waals surface area contributed by atoms with E-state index in [0.29, 0.717) is 22.9 Å². The van der Waals surface area contributed by atoms with Crippen molar-refractivity contribution in [2.24, 2.45) is 0 Å². The van der Waals surface area contributed by atoms with Gasteiger partial charge < -0.3 is 25.7 Å². The number of methoxy groups -OCH3 is 1. The number of rotatable bonds is 7. The van der Waals surface area contributed by atoms with E-state index in [1.165, 1.54) is 11.1 Å². The molecule has 0 aliphatic rings. The Kier molecular flexibility index (Phi) is 6.17. The molecule has 4 aromatic carbocycles. The van der Waals surface area contributed by atoms with Gasteiger partial charge in [0.2, 0.25) is 0 Å². The Morgan fingerprint density at radius 3 is 1.53 bits per heavy atom. The second-order valence-corrected chi connectivity index (χ2v) is 7.54. The van der Waals surface area contributed by atoms with Crippen molar-refractivity contribution in [1.29, 1.82) is 0 Å². The van der Waals surface area contributed by atoms with Crippen LogP contribution in [0.2, 0.25) is 0 Å². The van der Waals surface area contributed by atoms with E-state index >= 15 is 0 Å². The van der Waals surface area contributed by atoms with Crippen molar-refractivity contribution in [3.05, 3.63) is 102 Å². The maximum Gasteiger partial charge on any atom is 0.145 e. The van der Waals surface area contributed by atoms with Crippen LogP contribution in [0.4, 0.5) is 11.4 Å². The number of anilines is 2. The molecule has 1 atom stereocenters. The molecule has 5 heteroatoms. The van der Waals surface area contributed by atoms with Crippen LogP contribution in [0.25, 0.3) is 0 Å². The molecule has 0 bridgehead atoms. The Labute approximate surface area is 188 Å². The summed E-state index contributed by atoms with van der Waals surface area (Å²) in [6.07, 6.45) is 0. The lowest BCUT2D eigenvalue weighted by Crippen LogP contribution is -1.96. The van der Waals surface area contributed by atoms with Crippen molar-refractivity contribution in [3.63, 3.8) is 0 Å². The van der Waals surface area contributed by atoms with Gasteiger partial charge >= 0.3 is 0 Å². The van der Waals surface area contributed by atoms with Crippen LogP contribution in [-0.4, -0.2) is 7.11 Å². The van der Waals surface area contributed by atoms with Gasteiger partial charge in [0.25, 0.3) is 0 Å². The molecule has 0 saturated carbocycles. The van der Waals surface area contributed by atoms with Crippen molar-refractivity contribution in [2.75, 3.05) is 18.6 Å². The van der Waals surface area contributed by atoms with E-state index in [4.69, 9.17) is 25.7 Å². The van der Waals surface area contributed by atoms with Crippen LogP contribution in [0.5, 0.6) is 28.7 Å². The third-order valence-corrected chi connectivity index (χ3v) is 5.32. The lowest BCUT2D eigenvalue weighted by molar-refractivity contribution is 0.411. The summed E-state index contributed by atoms with van der Waals surface area (Å²) in [6.45, 7) is 2.18. The fourth-order valence-electron chi connectivity index (χ4n) is 3.40. The second-order valence-electron chi connectivity index (χ2n) is 7.54. The standard InChI is InChI=1S/C27H26N2O3/c1-18(19-3-9-22(10-4-19)31-24-13-7-21(28)8-14-24)20-5-11-23(12-6-20)32-25-15-16-26(29)27(17-25)30-2/h3-18H,28-29H2,1-2H3. The van der Waals surface area contributed by atoms with Gasteiger partial charge in [-0.2, -0.15) is 0 Å². The number of ether oxygens (including phenoxy) is 3. The number of benzene rings is 4. The predicted molar refractivity (Wildman–Crippen MR) is 129 cm³/mol. The van der Waals surface area contributed by atoms with Gasteiger partial charge in [0.15, 0.2) is 0 Å². The Bertz CT molecular complexity index is 1170. The van der Waals surface area contributed by atoms with Crippen LogP contribution in [-0.2, 0) is 0 Å². The summed E-state index contributed by atoms with van der Waals surface area (Å²) in [5.41, 5.74) is 15.3. The first-order chi connectivity index (χ1) is 15.5. The molecule has 5 nitrogen and oxygen atoms in total. The minimum Gasteiger partial charge on any atom is -0.494 e. The highest BCUT2D eigenvalue weighted by Gasteiger charge is 2.10. The maximum atomic E-state index is 5.94. The molecule has 4 N–H and O–H groups in total. The van der Waals surface area contributed by atoms with Crippen molar-refractivity contribution in [2.45, 2.75) is 12.8 Å². The van der Waals surface area contributed by atoms with Crippen molar-refractivity contribution >= 4 is 11.4 Å². The van der Waals surface area contributed by atoms with Crippen LogP contribution in [0.1, 0.15) is 24.0 Å². The molecule has 0 aliphatic heterocycles. The van der Waals surface area contributed by atoms with Gasteiger partial charge in [0.05, 0.1) is 12.8 Å². The Morgan fingerprint density at radius 1 is 0.594 bits per heavy atom. The number of hydrogen-bond acceptors (Lipinski definition) is 5. The first-order valence-corrected chi connectivity index (χ1v) is 10.4. The van der Waals surface area contributed by atoms with Gasteiger partial charge in [0.1, 0.15) is 28.7 Å². The molecule has 0 radical (unpaired) electrons. The number of nitrogens with two attached hydrogens (primary N) is 2. The molecule has 0 saturated heterocycles. The highest BCUT2D eigenvalue weighted by Crippen LogP contribution is 2.32. The van der Waals surface area contributed by atoms with Crippen molar-refractivity contribution in [1.82, 2.24) is 0 Å². The number of hydrogen-bond donors (Lipinski definition) is 2. The van der Waals surface area contributed by atoms with Gasteiger partial charge in [-0.25, -0.2) is 0 Å². The zero-order valence-electron chi connectivity index (χ0n) is 18.1. The average molecular weight is 427 g/mol. The van der Waals surface area contributed by atoms with Crippen molar-refractivity contribution in [3.8, 4) is 28.7 Å². The Morgan fingerprint density at radius 2 is 1.03 bits per heavy atom. The molecule has 0 amide bonds. The Hall–Kier alpha value is -4.12. The highest BCUT2D eigenvalue weighted by atomic mass is 16.5. The van der Waals surface area contributed by atoms with E-state index in [9.17, 15) is 0 Å². The van der Waals surface area contributed by atoms with Crippen LogP contribution < -0.4 is 25.7 Å². The molecule has 0 fully saturated rings. The molecule has 0 aromatic heterocycles. The van der Waals surface area contributed by atoms with E-state index < -0.39 is 0 Å². The maximum absolute atomic E-state index is 5.94. The van der Waals surface area contributed by atoms with Gasteiger partial charge in [0, 0.05) is 17.7 Å². The van der Waals surface area contributed by atoms with E-state index in [2.05, 4.69) is 31.2 Å². The van der Waals surface area contributed by atoms with E-state index in [1.807, 2.05) is 54.6 Å². The van der Waals surface area contributed by atoms with Crippen LogP contribution >= 0.6 is 0 Å². The summed E-state index contributed by atoms with van der Waals surface area (Å²) in [4.78, 5) is 0. The summed E-state index contributed by atoms with van der Waals surface area (Å²) in [6, 6.07) is 28.9. The fraction of sp³-hybridized carbons (Fsp3) is 0.111. The third kappa shape index (κ3) is 4.95. The van der Waals surface area contributed by atoms with E-state index in [1.54, 1.807) is 19.2 Å². The molecular formula is C27H26N2O3. The molecule has 0 heterocycles. The first-order valence-electron chi connectivity index (χ1n) is 10.4. The molecule has 162 valence electrons. The van der Waals surface area contributed by atoms with Gasteiger partial charge in [-0.3, -0.25) is 0 Å². The van der Waals surface area contributed by atoms with Crippen LogP contribution in [0, 0.1) is 0 Å². The topological polar surface area (TPSA) is 79.7 Å². The van der Waals surface area contributed by atoms with Gasteiger partial charge in [-0.15, -0.1) is 0 Å². The van der Waals surface area contributed by atoms with Gasteiger partial charge in [-0.05, 0) is 71.8 Å². The van der Waals surface area contributed by atoms with Crippen LogP contribution in [0.15, 0.2) is 91.0 Å². The first kappa shape index (κ1) is 21.1. The third-order valence-electron chi connectivity index (χ3n) is 5.32. The fourth-order valence-corrected chi connectivity index (χ4v) is 3.40. The molecule has 0 spiro atoms. The smallest absolute Gasteiger partial charge is 0.145 e. The van der Waals surface area contributed by atoms with Gasteiger partial charge in [-0.1, -0.05) is 31.2 Å². The minimum atomic E-state index is 0.228. The van der Waals surface area contributed by atoms with E-state index in [-0.39, 0.29) is 5.92 Å². The lowest BCUT2D eigenvalue weighted by atomic mass is 9.93. The molecule has 4 rings (SSSR count). The summed E-state index contributed by atoms with van der Waals surface area (Å²) in [5.74, 6) is 3.79. The molecular weight excluding hydrogens is 400 g/mol. The lowest BCUT2D eigenvalue weighted by Gasteiger charge is -2.15. The second kappa shape index (κ2) is 9.35. The van der Waals surface area contributed by atoms with Crippen LogP contribution in [0.3, 0.4) is 0 Å². The monoisotopic (exact) mass is 426 g/mol. The summed E-state index contributed by atoms with van der Waals surface area (Å²) in [5, 5.41) is 0. The molecule has 32 heavy (non-hydrogen) atoms. The summed E-state index contributed by atoms with van der Waals surface area (Å²) in [7, 11) is 1.59. The molecule has 4 aromatic rings. The molecule has 0 aliphatic carbocycles. The number of nitrogen functional groups attached to an aromatic ring is 2. The van der Waals surface area contributed by atoms with E-state index in [0.717, 1.165) is 17.2 Å². The summed E-state index contributed by atoms with van der Waals surface area (Å²) >= 11 is 0. The zero-order valence-corrected chi connectivity index (χ0v) is 18.1.